The zero-order chi connectivity index (χ0) is 18.4. The molecule has 1 aromatic heterocycles. The maximum Gasteiger partial charge on any atom is 0.249 e. The lowest BCUT2D eigenvalue weighted by Crippen LogP contribution is -2.47. The number of nitrogens with zero attached hydrogens (tertiary/aromatic N) is 2. The zero-order valence-electron chi connectivity index (χ0n) is 15.0. The van der Waals surface area contributed by atoms with Crippen molar-refractivity contribution < 1.29 is 9.59 Å². The van der Waals surface area contributed by atoms with E-state index in [4.69, 9.17) is 0 Å². The Hall–Kier alpha value is -2.28. The van der Waals surface area contributed by atoms with Gasteiger partial charge in [-0.15, -0.1) is 10.2 Å². The Morgan fingerprint density at radius 3 is 2.44 bits per heavy atom. The molecule has 1 heterocycles. The fourth-order valence-corrected chi connectivity index (χ4v) is 3.03. The molecule has 0 aliphatic heterocycles. The van der Waals surface area contributed by atoms with Crippen LogP contribution in [-0.4, -0.2) is 28.1 Å². The molecule has 0 aliphatic rings. The largest absolute Gasteiger partial charge is 0.344 e. The van der Waals surface area contributed by atoms with Crippen molar-refractivity contribution in [2.24, 2.45) is 5.92 Å². The summed E-state index contributed by atoms with van der Waals surface area (Å²) in [6.45, 7) is 7.74. The second-order valence-electron chi connectivity index (χ2n) is 6.31. The van der Waals surface area contributed by atoms with Gasteiger partial charge in [-0.3, -0.25) is 14.9 Å². The summed E-state index contributed by atoms with van der Waals surface area (Å²) in [5.41, 5.74) is 2.13. The Kier molecular flexibility index (Phi) is 6.64. The maximum atomic E-state index is 12.5. The molecule has 0 unspecified atom stereocenters. The summed E-state index contributed by atoms with van der Waals surface area (Å²) in [5, 5.41) is 14.9. The van der Waals surface area contributed by atoms with Crippen molar-refractivity contribution in [3.8, 4) is 10.6 Å². The number of amides is 2. The molecule has 25 heavy (non-hydrogen) atoms. The van der Waals surface area contributed by atoms with Crippen LogP contribution in [0.4, 0.5) is 5.13 Å². The normalized spacial score (nSPS) is 12.0. The van der Waals surface area contributed by atoms with Crippen LogP contribution in [0.1, 0.15) is 39.2 Å². The summed E-state index contributed by atoms with van der Waals surface area (Å²) in [6.07, 6.45) is 1.15. The van der Waals surface area contributed by atoms with E-state index in [1.54, 1.807) is 0 Å². The standard InChI is InChI=1S/C18H24N4O2S/c1-5-6-14(23)19-15(11(2)3)16(24)20-18-22-21-17(25-18)13-9-7-12(4)8-10-13/h7-11,15H,5-6H2,1-4H3,(H,19,23)(H,20,22,24)/t15-/m1/s1. The van der Waals surface area contributed by atoms with Gasteiger partial charge in [-0.2, -0.15) is 0 Å². The highest BCUT2D eigenvalue weighted by atomic mass is 32.1. The van der Waals surface area contributed by atoms with Crippen LogP contribution in [-0.2, 0) is 9.59 Å². The fourth-order valence-electron chi connectivity index (χ4n) is 2.28. The molecule has 7 heteroatoms. The lowest BCUT2D eigenvalue weighted by atomic mass is 10.0. The Labute approximate surface area is 152 Å². The number of hydrogen-bond acceptors (Lipinski definition) is 5. The highest BCUT2D eigenvalue weighted by Gasteiger charge is 2.25. The molecule has 1 atom stereocenters. The first-order chi connectivity index (χ1) is 11.9. The first-order valence-electron chi connectivity index (χ1n) is 8.41. The molecule has 2 N–H and O–H groups in total. The van der Waals surface area contributed by atoms with Gasteiger partial charge in [-0.25, -0.2) is 0 Å². The van der Waals surface area contributed by atoms with Crippen LogP contribution in [0.5, 0.6) is 0 Å². The molecule has 0 aliphatic carbocycles. The van der Waals surface area contributed by atoms with Gasteiger partial charge in [0.1, 0.15) is 11.0 Å². The van der Waals surface area contributed by atoms with Crippen LogP contribution in [0, 0.1) is 12.8 Å². The van der Waals surface area contributed by atoms with Gasteiger partial charge in [0.2, 0.25) is 16.9 Å². The molecule has 0 fully saturated rings. The van der Waals surface area contributed by atoms with Crippen LogP contribution < -0.4 is 10.6 Å². The summed E-state index contributed by atoms with van der Waals surface area (Å²) >= 11 is 1.31. The molecule has 0 saturated carbocycles. The summed E-state index contributed by atoms with van der Waals surface area (Å²) in [4.78, 5) is 24.3. The van der Waals surface area contributed by atoms with Gasteiger partial charge in [0, 0.05) is 12.0 Å². The van der Waals surface area contributed by atoms with E-state index >= 15 is 0 Å². The van der Waals surface area contributed by atoms with Gasteiger partial charge in [-0.05, 0) is 19.3 Å². The van der Waals surface area contributed by atoms with Gasteiger partial charge in [-0.1, -0.05) is 61.9 Å². The molecule has 0 radical (unpaired) electrons. The van der Waals surface area contributed by atoms with Crippen LogP contribution >= 0.6 is 11.3 Å². The first kappa shape index (κ1) is 19.1. The number of rotatable bonds is 7. The molecule has 6 nitrogen and oxygen atoms in total. The summed E-state index contributed by atoms with van der Waals surface area (Å²) in [5.74, 6) is -0.412. The van der Waals surface area contributed by atoms with E-state index < -0.39 is 6.04 Å². The molecule has 0 saturated heterocycles. The molecule has 2 amide bonds. The average molecular weight is 360 g/mol. The van der Waals surface area contributed by atoms with E-state index in [9.17, 15) is 9.59 Å². The van der Waals surface area contributed by atoms with Gasteiger partial charge in [0.25, 0.3) is 0 Å². The van der Waals surface area contributed by atoms with Crippen LogP contribution in [0.2, 0.25) is 0 Å². The van der Waals surface area contributed by atoms with E-state index in [1.807, 2.05) is 52.0 Å². The third-order valence-corrected chi connectivity index (χ3v) is 4.58. The maximum absolute atomic E-state index is 12.5. The number of benzene rings is 1. The van der Waals surface area contributed by atoms with Crippen molar-refractivity contribution in [2.75, 3.05) is 5.32 Å². The molecular weight excluding hydrogens is 336 g/mol. The summed E-state index contributed by atoms with van der Waals surface area (Å²) in [7, 11) is 0. The van der Waals surface area contributed by atoms with Crippen LogP contribution in [0.15, 0.2) is 24.3 Å². The predicted molar refractivity (Wildman–Crippen MR) is 100 cm³/mol. The van der Waals surface area contributed by atoms with Gasteiger partial charge < -0.3 is 5.32 Å². The van der Waals surface area contributed by atoms with E-state index in [0.29, 0.717) is 11.6 Å². The van der Waals surface area contributed by atoms with Crippen molar-refractivity contribution >= 4 is 28.3 Å². The highest BCUT2D eigenvalue weighted by Crippen LogP contribution is 2.26. The van der Waals surface area contributed by atoms with Crippen molar-refractivity contribution in [1.82, 2.24) is 15.5 Å². The number of carbonyl (C=O) groups is 2. The van der Waals surface area contributed by atoms with Crippen molar-refractivity contribution in [2.45, 2.75) is 46.6 Å². The minimum atomic E-state index is -0.592. The molecule has 134 valence electrons. The lowest BCUT2D eigenvalue weighted by molar-refractivity contribution is -0.127. The molecule has 0 bridgehead atoms. The second kappa shape index (κ2) is 8.71. The quantitative estimate of drug-likeness (QED) is 0.793. The molecular formula is C18H24N4O2S. The Morgan fingerprint density at radius 1 is 1.16 bits per heavy atom. The topological polar surface area (TPSA) is 84.0 Å². The number of nitrogens with one attached hydrogen (secondary N) is 2. The SMILES string of the molecule is CCCC(=O)N[C@@H](C(=O)Nc1nnc(-c2ccc(C)cc2)s1)C(C)C. The van der Waals surface area contributed by atoms with E-state index in [0.717, 1.165) is 17.0 Å². The first-order valence-corrected chi connectivity index (χ1v) is 9.23. The summed E-state index contributed by atoms with van der Waals surface area (Å²) in [6, 6.07) is 7.37. The smallest absolute Gasteiger partial charge is 0.249 e. The number of aromatic nitrogens is 2. The highest BCUT2D eigenvalue weighted by molar-refractivity contribution is 7.18. The minimum Gasteiger partial charge on any atom is -0.344 e. The Balaban J connectivity index is 2.06. The number of anilines is 1. The number of hydrogen-bond donors (Lipinski definition) is 2. The van der Waals surface area contributed by atoms with Gasteiger partial charge >= 0.3 is 0 Å². The van der Waals surface area contributed by atoms with Gasteiger partial charge in [0.05, 0.1) is 0 Å². The molecule has 2 aromatic rings. The van der Waals surface area contributed by atoms with Crippen molar-refractivity contribution in [3.05, 3.63) is 29.8 Å². The third kappa shape index (κ3) is 5.35. The zero-order valence-corrected chi connectivity index (χ0v) is 15.8. The van der Waals surface area contributed by atoms with Crippen molar-refractivity contribution in [3.63, 3.8) is 0 Å². The minimum absolute atomic E-state index is 0.0229. The second-order valence-corrected chi connectivity index (χ2v) is 7.28. The molecule has 1 aromatic carbocycles. The van der Waals surface area contributed by atoms with E-state index in [1.165, 1.54) is 16.9 Å². The predicted octanol–water partition coefficient (Wildman–Crippen LogP) is 3.39. The third-order valence-electron chi connectivity index (χ3n) is 3.70. The molecule has 0 spiro atoms. The lowest BCUT2D eigenvalue weighted by Gasteiger charge is -2.20. The van der Waals surface area contributed by atoms with Crippen molar-refractivity contribution in [1.29, 1.82) is 0 Å². The monoisotopic (exact) mass is 360 g/mol. The van der Waals surface area contributed by atoms with Crippen LogP contribution in [0.25, 0.3) is 10.6 Å². The fraction of sp³-hybridized carbons (Fsp3) is 0.444. The average Bonchev–Trinajstić information content (AvgIpc) is 3.01. The number of aryl methyl sites for hydroxylation is 1. The van der Waals surface area contributed by atoms with E-state index in [-0.39, 0.29) is 17.7 Å². The Morgan fingerprint density at radius 2 is 1.84 bits per heavy atom. The molecule has 2 rings (SSSR count). The van der Waals surface area contributed by atoms with Gasteiger partial charge in [0.15, 0.2) is 0 Å². The number of carbonyl (C=O) groups excluding carboxylic acids is 2. The summed E-state index contributed by atoms with van der Waals surface area (Å²) < 4.78 is 0. The van der Waals surface area contributed by atoms with E-state index in [2.05, 4.69) is 20.8 Å². The Bertz CT molecular complexity index is 725. The van der Waals surface area contributed by atoms with Crippen LogP contribution in [0.3, 0.4) is 0 Å².